The number of hydrogen-bond acceptors (Lipinski definition) is 4. The predicted molar refractivity (Wildman–Crippen MR) is 112 cm³/mol. The molecule has 0 bridgehead atoms. The number of benzene rings is 3. The van der Waals surface area contributed by atoms with E-state index in [-0.39, 0.29) is 0 Å². The highest BCUT2D eigenvalue weighted by atomic mass is 32.2. The van der Waals surface area contributed by atoms with Crippen molar-refractivity contribution in [2.45, 2.75) is 21.3 Å². The molecule has 2 nitrogen and oxygen atoms in total. The highest BCUT2D eigenvalue weighted by molar-refractivity contribution is 7.99. The van der Waals surface area contributed by atoms with Crippen molar-refractivity contribution >= 4 is 34.6 Å². The third-order valence-electron chi connectivity index (χ3n) is 3.96. The van der Waals surface area contributed by atoms with Crippen LogP contribution in [0.25, 0.3) is 11.0 Å². The molecule has 4 heteroatoms. The normalized spacial score (nSPS) is 10.9. The van der Waals surface area contributed by atoms with Gasteiger partial charge < -0.3 is 0 Å². The van der Waals surface area contributed by atoms with Crippen molar-refractivity contribution in [1.82, 2.24) is 9.97 Å². The molecule has 0 aliphatic rings. The Kier molecular flexibility index (Phi) is 5.53. The third-order valence-corrected chi connectivity index (χ3v) is 6.01. The molecule has 0 atom stereocenters. The zero-order chi connectivity index (χ0) is 17.6. The molecule has 0 unspecified atom stereocenters. The van der Waals surface area contributed by atoms with Crippen molar-refractivity contribution in [1.29, 1.82) is 0 Å². The maximum Gasteiger partial charge on any atom is 0.0890 e. The largest absolute Gasteiger partial charge is 0.248 e. The monoisotopic (exact) mass is 374 g/mol. The highest BCUT2D eigenvalue weighted by Gasteiger charge is 2.10. The molecule has 1 heterocycles. The first kappa shape index (κ1) is 17.1. The lowest BCUT2D eigenvalue weighted by molar-refractivity contribution is 1.07. The second kappa shape index (κ2) is 8.39. The molecule has 26 heavy (non-hydrogen) atoms. The van der Waals surface area contributed by atoms with Crippen molar-refractivity contribution in [2.75, 3.05) is 0 Å². The minimum atomic E-state index is 0.826. The van der Waals surface area contributed by atoms with Gasteiger partial charge in [0, 0.05) is 21.3 Å². The molecule has 1 aromatic heterocycles. The van der Waals surface area contributed by atoms with Gasteiger partial charge in [-0.05, 0) is 36.4 Å². The molecule has 0 spiro atoms. The number of hydrogen-bond donors (Lipinski definition) is 0. The molecule has 0 amide bonds. The summed E-state index contributed by atoms with van der Waals surface area (Å²) < 4.78 is 0. The maximum atomic E-state index is 4.91. The average molecular weight is 375 g/mol. The van der Waals surface area contributed by atoms with Crippen LogP contribution in [0.1, 0.15) is 11.4 Å². The molecule has 0 saturated heterocycles. The van der Waals surface area contributed by atoms with Crippen LogP contribution in [0.3, 0.4) is 0 Å². The van der Waals surface area contributed by atoms with Crippen LogP contribution in [-0.4, -0.2) is 9.97 Å². The minimum absolute atomic E-state index is 0.826. The molecule has 0 N–H and O–H groups in total. The van der Waals surface area contributed by atoms with Crippen LogP contribution in [0.5, 0.6) is 0 Å². The SMILES string of the molecule is c1ccc(SCc2nc3ccccc3nc2CSc2ccccc2)cc1. The Morgan fingerprint density at radius 1 is 0.500 bits per heavy atom. The van der Waals surface area contributed by atoms with Crippen molar-refractivity contribution in [2.24, 2.45) is 0 Å². The molecular weight excluding hydrogens is 356 g/mol. The van der Waals surface area contributed by atoms with E-state index in [1.165, 1.54) is 9.79 Å². The molecule has 0 aliphatic carbocycles. The fraction of sp³-hybridized carbons (Fsp3) is 0.0909. The summed E-state index contributed by atoms with van der Waals surface area (Å²) in [6.07, 6.45) is 0. The van der Waals surface area contributed by atoms with Gasteiger partial charge >= 0.3 is 0 Å². The van der Waals surface area contributed by atoms with Crippen LogP contribution in [0, 0.1) is 0 Å². The summed E-state index contributed by atoms with van der Waals surface area (Å²) in [5.41, 5.74) is 4.07. The summed E-state index contributed by atoms with van der Waals surface area (Å²) in [7, 11) is 0. The van der Waals surface area contributed by atoms with E-state index in [1.807, 2.05) is 36.4 Å². The van der Waals surface area contributed by atoms with Gasteiger partial charge in [-0.2, -0.15) is 0 Å². The van der Waals surface area contributed by atoms with Crippen molar-refractivity contribution in [3.8, 4) is 0 Å². The molecule has 0 fully saturated rings. The smallest absolute Gasteiger partial charge is 0.0890 e. The fourth-order valence-electron chi connectivity index (χ4n) is 2.64. The molecule has 128 valence electrons. The Morgan fingerprint density at radius 3 is 1.31 bits per heavy atom. The first-order chi connectivity index (χ1) is 12.9. The lowest BCUT2D eigenvalue weighted by atomic mass is 10.2. The van der Waals surface area contributed by atoms with Crippen LogP contribution >= 0.6 is 23.5 Å². The highest BCUT2D eigenvalue weighted by Crippen LogP contribution is 2.28. The van der Waals surface area contributed by atoms with Gasteiger partial charge in [0.2, 0.25) is 0 Å². The van der Waals surface area contributed by atoms with E-state index in [2.05, 4.69) is 48.5 Å². The molecule has 0 radical (unpaired) electrons. The van der Waals surface area contributed by atoms with E-state index in [4.69, 9.17) is 9.97 Å². The van der Waals surface area contributed by atoms with Crippen LogP contribution in [0.2, 0.25) is 0 Å². The number of para-hydroxylation sites is 2. The Labute approximate surface area is 162 Å². The number of thioether (sulfide) groups is 2. The Bertz CT molecular complexity index is 907. The van der Waals surface area contributed by atoms with Gasteiger partial charge in [0.25, 0.3) is 0 Å². The third kappa shape index (κ3) is 4.26. The Balaban J connectivity index is 1.60. The summed E-state index contributed by atoms with van der Waals surface area (Å²) in [5.74, 6) is 1.65. The second-order valence-corrected chi connectivity index (χ2v) is 7.91. The zero-order valence-electron chi connectivity index (χ0n) is 14.2. The van der Waals surface area contributed by atoms with Crippen molar-refractivity contribution in [3.05, 3.63) is 96.3 Å². The van der Waals surface area contributed by atoms with Gasteiger partial charge in [0.05, 0.1) is 22.4 Å². The molecule has 4 rings (SSSR count). The quantitative estimate of drug-likeness (QED) is 0.374. The van der Waals surface area contributed by atoms with E-state index < -0.39 is 0 Å². The van der Waals surface area contributed by atoms with Gasteiger partial charge in [0.1, 0.15) is 0 Å². The molecule has 0 aliphatic heterocycles. The number of rotatable bonds is 6. The Hall–Kier alpha value is -2.30. The maximum absolute atomic E-state index is 4.91. The topological polar surface area (TPSA) is 25.8 Å². The van der Waals surface area contributed by atoms with E-state index in [1.54, 1.807) is 23.5 Å². The minimum Gasteiger partial charge on any atom is -0.248 e. The molecular formula is C22H18N2S2. The van der Waals surface area contributed by atoms with Crippen molar-refractivity contribution in [3.63, 3.8) is 0 Å². The summed E-state index contributed by atoms with van der Waals surface area (Å²) in [6, 6.07) is 29.0. The Morgan fingerprint density at radius 2 is 0.885 bits per heavy atom. The lowest BCUT2D eigenvalue weighted by Gasteiger charge is -2.10. The van der Waals surface area contributed by atoms with Gasteiger partial charge in [-0.1, -0.05) is 48.5 Å². The van der Waals surface area contributed by atoms with Gasteiger partial charge in [-0.3, -0.25) is 0 Å². The molecule has 4 aromatic rings. The van der Waals surface area contributed by atoms with Crippen LogP contribution in [-0.2, 0) is 11.5 Å². The fourth-order valence-corrected chi connectivity index (χ4v) is 4.41. The van der Waals surface area contributed by atoms with Crippen LogP contribution < -0.4 is 0 Å². The van der Waals surface area contributed by atoms with Gasteiger partial charge in [-0.15, -0.1) is 23.5 Å². The molecule has 3 aromatic carbocycles. The van der Waals surface area contributed by atoms with Crippen LogP contribution in [0.15, 0.2) is 94.7 Å². The standard InChI is InChI=1S/C22H18N2S2/c1-3-9-17(10-4-1)25-15-21-22(16-26-18-11-5-2-6-12-18)24-20-14-8-7-13-19(20)23-21/h1-14H,15-16H2. The lowest BCUT2D eigenvalue weighted by Crippen LogP contribution is -2.00. The average Bonchev–Trinajstić information content (AvgIpc) is 2.72. The number of nitrogens with zero attached hydrogens (tertiary/aromatic N) is 2. The summed E-state index contributed by atoms with van der Waals surface area (Å²) >= 11 is 3.61. The van der Waals surface area contributed by atoms with Crippen LogP contribution in [0.4, 0.5) is 0 Å². The molecule has 0 saturated carbocycles. The number of fused-ring (bicyclic) bond motifs is 1. The van der Waals surface area contributed by atoms with Gasteiger partial charge in [0.15, 0.2) is 0 Å². The first-order valence-corrected chi connectivity index (χ1v) is 10.5. The summed E-state index contributed by atoms with van der Waals surface area (Å²) in [4.78, 5) is 12.3. The van der Waals surface area contributed by atoms with E-state index in [0.717, 1.165) is 33.9 Å². The first-order valence-electron chi connectivity index (χ1n) is 8.49. The van der Waals surface area contributed by atoms with Gasteiger partial charge in [-0.25, -0.2) is 9.97 Å². The van der Waals surface area contributed by atoms with Crippen molar-refractivity contribution < 1.29 is 0 Å². The summed E-state index contributed by atoms with van der Waals surface area (Å²) in [6.45, 7) is 0. The second-order valence-electron chi connectivity index (χ2n) is 5.81. The van der Waals surface area contributed by atoms with E-state index in [9.17, 15) is 0 Å². The predicted octanol–water partition coefficient (Wildman–Crippen LogP) is 6.21. The summed E-state index contributed by atoms with van der Waals surface area (Å²) in [5, 5.41) is 0. The van der Waals surface area contributed by atoms with E-state index in [0.29, 0.717) is 0 Å². The number of aromatic nitrogens is 2. The zero-order valence-corrected chi connectivity index (χ0v) is 15.8. The van der Waals surface area contributed by atoms with E-state index >= 15 is 0 Å².